The first kappa shape index (κ1) is 25.9. The number of hydrogen-bond acceptors (Lipinski definition) is 8. The molecule has 3 aromatic rings. The quantitative estimate of drug-likeness (QED) is 0.224. The standard InChI is InChI=1S/C20H18ClN5O7S2/c21-14-6-8-16(9-7-14)34(30,31)22-13-20(27)24-23-18-11-10-17(12-19(18)26(28)29)35(32,33)25-15-4-2-1-3-5-15/h1-12,22-23,25H,13H2,(H,24,27). The Hall–Kier alpha value is -3.72. The fourth-order valence-corrected chi connectivity index (χ4v) is 4.88. The van der Waals surface area contributed by atoms with E-state index < -0.39 is 43.1 Å². The van der Waals surface area contributed by atoms with Gasteiger partial charge >= 0.3 is 0 Å². The summed E-state index contributed by atoms with van der Waals surface area (Å²) >= 11 is 5.72. The molecule has 15 heteroatoms. The molecule has 0 saturated carbocycles. The number of hydrogen-bond donors (Lipinski definition) is 4. The highest BCUT2D eigenvalue weighted by atomic mass is 35.5. The summed E-state index contributed by atoms with van der Waals surface area (Å²) in [6, 6.07) is 16.2. The average molecular weight is 540 g/mol. The molecule has 0 aromatic heterocycles. The van der Waals surface area contributed by atoms with E-state index in [1.54, 1.807) is 18.2 Å². The van der Waals surface area contributed by atoms with Crippen LogP contribution in [0.1, 0.15) is 0 Å². The van der Waals surface area contributed by atoms with Crippen LogP contribution in [-0.4, -0.2) is 34.2 Å². The van der Waals surface area contributed by atoms with Gasteiger partial charge in [0.2, 0.25) is 10.0 Å². The number of amides is 1. The van der Waals surface area contributed by atoms with Crippen LogP contribution in [0.15, 0.2) is 82.6 Å². The summed E-state index contributed by atoms with van der Waals surface area (Å²) in [6.45, 7) is -0.681. The Balaban J connectivity index is 1.67. The van der Waals surface area contributed by atoms with Crippen LogP contribution in [0.3, 0.4) is 0 Å². The zero-order valence-corrected chi connectivity index (χ0v) is 20.0. The minimum Gasteiger partial charge on any atom is -0.292 e. The monoisotopic (exact) mass is 539 g/mol. The molecule has 0 aliphatic carbocycles. The Morgan fingerprint density at radius 1 is 0.886 bits per heavy atom. The molecule has 4 N–H and O–H groups in total. The number of nitro benzene ring substituents is 1. The summed E-state index contributed by atoms with van der Waals surface area (Å²) < 4.78 is 54.0. The lowest BCUT2D eigenvalue weighted by Crippen LogP contribution is -2.39. The van der Waals surface area contributed by atoms with Crippen LogP contribution < -0.4 is 20.3 Å². The van der Waals surface area contributed by atoms with Gasteiger partial charge in [0, 0.05) is 16.8 Å². The highest BCUT2D eigenvalue weighted by molar-refractivity contribution is 7.92. The van der Waals surface area contributed by atoms with Crippen LogP contribution in [0.25, 0.3) is 0 Å². The summed E-state index contributed by atoms with van der Waals surface area (Å²) in [5.74, 6) is -0.862. The van der Waals surface area contributed by atoms with Crippen molar-refractivity contribution in [3.8, 4) is 0 Å². The molecule has 184 valence electrons. The lowest BCUT2D eigenvalue weighted by molar-refractivity contribution is -0.384. The molecule has 0 saturated heterocycles. The molecular weight excluding hydrogens is 522 g/mol. The second kappa shape index (κ2) is 10.7. The van der Waals surface area contributed by atoms with Crippen molar-refractivity contribution in [2.45, 2.75) is 9.79 Å². The summed E-state index contributed by atoms with van der Waals surface area (Å²) in [5.41, 5.74) is 3.83. The number of benzene rings is 3. The molecule has 12 nitrogen and oxygen atoms in total. The summed E-state index contributed by atoms with van der Waals surface area (Å²) in [6.07, 6.45) is 0. The zero-order valence-electron chi connectivity index (χ0n) is 17.6. The van der Waals surface area contributed by atoms with Crippen molar-refractivity contribution >= 4 is 54.6 Å². The van der Waals surface area contributed by atoms with E-state index in [4.69, 9.17) is 11.6 Å². The summed E-state index contributed by atoms with van der Waals surface area (Å²) in [5, 5.41) is 11.8. The molecule has 0 atom stereocenters. The van der Waals surface area contributed by atoms with Gasteiger partial charge in [0.15, 0.2) is 0 Å². The van der Waals surface area contributed by atoms with Crippen LogP contribution in [0.2, 0.25) is 5.02 Å². The number of sulfonamides is 2. The number of halogens is 1. The first-order valence-electron chi connectivity index (χ1n) is 9.64. The number of nitro groups is 1. The number of anilines is 2. The van der Waals surface area contributed by atoms with Crippen LogP contribution in [-0.2, 0) is 24.8 Å². The molecule has 0 fully saturated rings. The van der Waals surface area contributed by atoms with Gasteiger partial charge in [0.25, 0.3) is 21.6 Å². The normalized spacial score (nSPS) is 11.5. The zero-order chi connectivity index (χ0) is 25.6. The molecule has 3 aromatic carbocycles. The van der Waals surface area contributed by atoms with Crippen molar-refractivity contribution in [1.29, 1.82) is 0 Å². The third-order valence-corrected chi connectivity index (χ3v) is 7.43. The second-order valence-electron chi connectivity index (χ2n) is 6.86. The van der Waals surface area contributed by atoms with Crippen molar-refractivity contribution in [2.75, 3.05) is 16.7 Å². The minimum absolute atomic E-state index is 0.112. The third kappa shape index (κ3) is 6.89. The van der Waals surface area contributed by atoms with Crippen LogP contribution in [0, 0.1) is 10.1 Å². The van der Waals surface area contributed by atoms with Gasteiger partial charge in [-0.05, 0) is 48.5 Å². The summed E-state index contributed by atoms with van der Waals surface area (Å²) in [7, 11) is -8.13. The number of hydrazine groups is 1. The highest BCUT2D eigenvalue weighted by Crippen LogP contribution is 2.28. The SMILES string of the molecule is O=C(CNS(=O)(=O)c1ccc(Cl)cc1)NNc1ccc(S(=O)(=O)Nc2ccccc2)cc1[N+](=O)[O-]. The van der Waals surface area contributed by atoms with Crippen LogP contribution in [0.5, 0.6) is 0 Å². The Labute approximate surface area is 205 Å². The molecule has 0 spiro atoms. The third-order valence-electron chi connectivity index (χ3n) is 4.39. The molecule has 0 unspecified atom stereocenters. The van der Waals surface area contributed by atoms with Gasteiger partial charge in [-0.2, -0.15) is 0 Å². The second-order valence-corrected chi connectivity index (χ2v) is 10.7. The molecule has 1 amide bonds. The van der Waals surface area contributed by atoms with Crippen molar-refractivity contribution in [1.82, 2.24) is 10.1 Å². The highest BCUT2D eigenvalue weighted by Gasteiger charge is 2.22. The Morgan fingerprint density at radius 2 is 1.51 bits per heavy atom. The maximum Gasteiger partial charge on any atom is 0.295 e. The molecular formula is C20H18ClN5O7S2. The predicted octanol–water partition coefficient (Wildman–Crippen LogP) is 2.47. The average Bonchev–Trinajstić information content (AvgIpc) is 2.82. The Bertz CT molecular complexity index is 1450. The molecule has 0 aliphatic heterocycles. The maximum atomic E-state index is 12.6. The van der Waals surface area contributed by atoms with E-state index in [9.17, 15) is 31.7 Å². The summed E-state index contributed by atoms with van der Waals surface area (Å²) in [4.78, 5) is 22.2. The van der Waals surface area contributed by atoms with Crippen LogP contribution >= 0.6 is 11.6 Å². The molecule has 0 heterocycles. The number of nitrogens with one attached hydrogen (secondary N) is 4. The first-order valence-corrected chi connectivity index (χ1v) is 13.0. The number of carbonyl (C=O) groups excluding carboxylic acids is 1. The molecule has 0 bridgehead atoms. The van der Waals surface area contributed by atoms with E-state index in [2.05, 4.69) is 20.3 Å². The van der Waals surface area contributed by atoms with E-state index >= 15 is 0 Å². The number of nitrogens with zero attached hydrogens (tertiary/aromatic N) is 1. The van der Waals surface area contributed by atoms with Gasteiger partial charge in [-0.1, -0.05) is 29.8 Å². The fraction of sp³-hybridized carbons (Fsp3) is 0.0500. The van der Waals surface area contributed by atoms with E-state index in [-0.39, 0.29) is 21.2 Å². The Kier molecular flexibility index (Phi) is 7.91. The minimum atomic E-state index is -4.13. The van der Waals surface area contributed by atoms with Gasteiger partial charge in [0.1, 0.15) is 5.69 Å². The van der Waals surface area contributed by atoms with Gasteiger partial charge in [-0.3, -0.25) is 30.5 Å². The molecule has 0 radical (unpaired) electrons. The van der Waals surface area contributed by atoms with Crippen molar-refractivity contribution in [3.05, 3.63) is 87.9 Å². The molecule has 35 heavy (non-hydrogen) atoms. The van der Waals surface area contributed by atoms with E-state index in [0.29, 0.717) is 5.02 Å². The maximum absolute atomic E-state index is 12.6. The van der Waals surface area contributed by atoms with Crippen molar-refractivity contribution < 1.29 is 26.6 Å². The first-order chi connectivity index (χ1) is 16.5. The lowest BCUT2D eigenvalue weighted by atomic mass is 10.3. The molecule has 0 aliphatic rings. The van der Waals surface area contributed by atoms with Gasteiger partial charge in [0.05, 0.1) is 21.3 Å². The van der Waals surface area contributed by atoms with E-state index in [1.165, 1.54) is 36.4 Å². The van der Waals surface area contributed by atoms with Gasteiger partial charge in [-0.15, -0.1) is 0 Å². The van der Waals surface area contributed by atoms with Gasteiger partial charge in [-0.25, -0.2) is 21.6 Å². The van der Waals surface area contributed by atoms with E-state index in [1.807, 2.05) is 0 Å². The van der Waals surface area contributed by atoms with Crippen molar-refractivity contribution in [2.24, 2.45) is 0 Å². The van der Waals surface area contributed by atoms with E-state index in [0.717, 1.165) is 18.2 Å². The predicted molar refractivity (Wildman–Crippen MR) is 129 cm³/mol. The topological polar surface area (TPSA) is 177 Å². The molecule has 3 rings (SSSR count). The number of carbonyl (C=O) groups is 1. The van der Waals surface area contributed by atoms with Crippen molar-refractivity contribution in [3.63, 3.8) is 0 Å². The Morgan fingerprint density at radius 3 is 2.14 bits per heavy atom. The fourth-order valence-electron chi connectivity index (χ4n) is 2.69. The van der Waals surface area contributed by atoms with Gasteiger partial charge < -0.3 is 0 Å². The largest absolute Gasteiger partial charge is 0.295 e. The number of para-hydroxylation sites is 1. The smallest absolute Gasteiger partial charge is 0.292 e. The number of rotatable bonds is 10. The van der Waals surface area contributed by atoms with Crippen LogP contribution in [0.4, 0.5) is 17.1 Å². The lowest BCUT2D eigenvalue weighted by Gasteiger charge is -2.12.